The van der Waals surface area contributed by atoms with E-state index in [0.29, 0.717) is 11.3 Å². The van der Waals surface area contributed by atoms with Crippen LogP contribution in [-0.2, 0) is 6.18 Å². The van der Waals surface area contributed by atoms with Crippen molar-refractivity contribution in [3.05, 3.63) is 84.4 Å². The molecule has 4 aromatic rings. The molecule has 0 spiro atoms. The molecule has 0 radical (unpaired) electrons. The molecule has 2 nitrogen and oxygen atoms in total. The van der Waals surface area contributed by atoms with Crippen LogP contribution in [0.1, 0.15) is 5.56 Å². The molecule has 0 N–H and O–H groups in total. The molecule has 0 bridgehead atoms. The number of fused-ring (bicyclic) bond motifs is 1. The number of alkyl halides is 3. The van der Waals surface area contributed by atoms with Gasteiger partial charge in [0.15, 0.2) is 0 Å². The van der Waals surface area contributed by atoms with Gasteiger partial charge < -0.3 is 0 Å². The average Bonchev–Trinajstić information content (AvgIpc) is 3.02. The van der Waals surface area contributed by atoms with E-state index in [1.165, 1.54) is 12.1 Å². The maximum atomic E-state index is 12.8. The molecule has 1 aromatic heterocycles. The fraction of sp³-hybridized carbons (Fsp3) is 0.0500. The summed E-state index contributed by atoms with van der Waals surface area (Å²) in [6, 6.07) is 22.4. The first kappa shape index (κ1) is 15.4. The summed E-state index contributed by atoms with van der Waals surface area (Å²) < 4.78 is 40.2. The first-order chi connectivity index (χ1) is 12.0. The lowest BCUT2D eigenvalue weighted by atomic mass is 10.1. The zero-order valence-corrected chi connectivity index (χ0v) is 13.0. The molecule has 0 aliphatic carbocycles. The summed E-state index contributed by atoms with van der Waals surface area (Å²) in [5, 5.41) is 5.55. The van der Waals surface area contributed by atoms with E-state index < -0.39 is 11.7 Å². The summed E-state index contributed by atoms with van der Waals surface area (Å²) in [7, 11) is 0. The van der Waals surface area contributed by atoms with Crippen molar-refractivity contribution in [1.82, 2.24) is 9.78 Å². The van der Waals surface area contributed by atoms with E-state index in [2.05, 4.69) is 5.10 Å². The van der Waals surface area contributed by atoms with Crippen molar-refractivity contribution >= 4 is 10.9 Å². The van der Waals surface area contributed by atoms with E-state index in [4.69, 9.17) is 0 Å². The molecule has 0 unspecified atom stereocenters. The highest BCUT2D eigenvalue weighted by Crippen LogP contribution is 2.33. The Hall–Kier alpha value is -3.08. The molecule has 124 valence electrons. The molecule has 1 heterocycles. The largest absolute Gasteiger partial charge is 0.416 e. The van der Waals surface area contributed by atoms with Crippen LogP contribution >= 0.6 is 0 Å². The first-order valence-corrected chi connectivity index (χ1v) is 7.75. The van der Waals surface area contributed by atoms with E-state index >= 15 is 0 Å². The minimum absolute atomic E-state index is 0.652. The summed E-state index contributed by atoms with van der Waals surface area (Å²) in [5.41, 5.74) is 2.45. The van der Waals surface area contributed by atoms with Crippen LogP contribution in [0.4, 0.5) is 13.2 Å². The number of hydrogen-bond acceptors (Lipinski definition) is 1. The predicted octanol–water partition coefficient (Wildman–Crippen LogP) is 5.71. The standard InChI is InChI=1S/C20H13F3N2/c21-20(22,23)15-12-10-14(11-13-15)19-17-8-4-5-9-18(17)25(24-19)16-6-2-1-3-7-16/h1-13H. The number of aromatic nitrogens is 2. The van der Waals surface area contributed by atoms with Crippen LogP contribution < -0.4 is 0 Å². The molecule has 0 fully saturated rings. The van der Waals surface area contributed by atoms with Crippen LogP contribution in [-0.4, -0.2) is 9.78 Å². The molecule has 25 heavy (non-hydrogen) atoms. The highest BCUT2D eigenvalue weighted by atomic mass is 19.4. The van der Waals surface area contributed by atoms with Crippen LogP contribution in [0, 0.1) is 0 Å². The number of para-hydroxylation sites is 2. The minimum Gasteiger partial charge on any atom is -0.232 e. The summed E-state index contributed by atoms with van der Waals surface area (Å²) in [4.78, 5) is 0. The van der Waals surface area contributed by atoms with Gasteiger partial charge >= 0.3 is 6.18 Å². The van der Waals surface area contributed by atoms with E-state index in [0.717, 1.165) is 28.7 Å². The SMILES string of the molecule is FC(F)(F)c1ccc(-c2nn(-c3ccccc3)c3ccccc23)cc1. The second-order valence-electron chi connectivity index (χ2n) is 5.69. The van der Waals surface area contributed by atoms with Crippen molar-refractivity contribution in [2.45, 2.75) is 6.18 Å². The zero-order valence-electron chi connectivity index (χ0n) is 13.0. The van der Waals surface area contributed by atoms with Gasteiger partial charge in [0.25, 0.3) is 0 Å². The maximum Gasteiger partial charge on any atom is 0.416 e. The van der Waals surface area contributed by atoms with E-state index in [1.54, 1.807) is 0 Å². The van der Waals surface area contributed by atoms with E-state index in [-0.39, 0.29) is 0 Å². The topological polar surface area (TPSA) is 17.8 Å². The van der Waals surface area contributed by atoms with Crippen molar-refractivity contribution < 1.29 is 13.2 Å². The fourth-order valence-electron chi connectivity index (χ4n) is 2.86. The van der Waals surface area contributed by atoms with Crippen molar-refractivity contribution in [2.75, 3.05) is 0 Å². The second kappa shape index (κ2) is 5.77. The van der Waals surface area contributed by atoms with Crippen LogP contribution in [0.25, 0.3) is 27.8 Å². The van der Waals surface area contributed by atoms with Crippen molar-refractivity contribution in [3.8, 4) is 16.9 Å². The van der Waals surface area contributed by atoms with Crippen LogP contribution in [0.5, 0.6) is 0 Å². The van der Waals surface area contributed by atoms with Gasteiger partial charge in [-0.2, -0.15) is 18.3 Å². The Kier molecular flexibility index (Phi) is 3.57. The lowest BCUT2D eigenvalue weighted by Crippen LogP contribution is -2.04. The Bertz CT molecular complexity index is 1020. The van der Waals surface area contributed by atoms with Gasteiger partial charge in [-0.05, 0) is 30.3 Å². The lowest BCUT2D eigenvalue weighted by Gasteiger charge is -2.06. The number of benzene rings is 3. The number of nitrogens with zero attached hydrogens (tertiary/aromatic N) is 2. The molecule has 4 rings (SSSR count). The molecule has 0 atom stereocenters. The number of halogens is 3. The van der Waals surface area contributed by atoms with Gasteiger partial charge in [-0.1, -0.05) is 48.5 Å². The summed E-state index contributed by atoms with van der Waals surface area (Å²) in [6.45, 7) is 0. The molecule has 0 aliphatic rings. The second-order valence-corrected chi connectivity index (χ2v) is 5.69. The highest BCUT2D eigenvalue weighted by Gasteiger charge is 2.30. The summed E-state index contributed by atoms with van der Waals surface area (Å²) in [5.74, 6) is 0. The Labute approximate surface area is 142 Å². The Balaban J connectivity index is 1.88. The molecular weight excluding hydrogens is 325 g/mol. The van der Waals surface area contributed by atoms with Gasteiger partial charge in [-0.15, -0.1) is 0 Å². The zero-order chi connectivity index (χ0) is 17.4. The third-order valence-corrected chi connectivity index (χ3v) is 4.07. The number of hydrogen-bond donors (Lipinski definition) is 0. The Morgan fingerprint density at radius 2 is 1.36 bits per heavy atom. The maximum absolute atomic E-state index is 12.8. The minimum atomic E-state index is -4.34. The third-order valence-electron chi connectivity index (χ3n) is 4.07. The van der Waals surface area contributed by atoms with Crippen molar-refractivity contribution in [1.29, 1.82) is 0 Å². The van der Waals surface area contributed by atoms with Crippen molar-refractivity contribution in [3.63, 3.8) is 0 Å². The smallest absolute Gasteiger partial charge is 0.232 e. The van der Waals surface area contributed by atoms with Gasteiger partial charge in [0.1, 0.15) is 5.69 Å². The molecule has 0 aliphatic heterocycles. The molecule has 5 heteroatoms. The first-order valence-electron chi connectivity index (χ1n) is 7.75. The fourth-order valence-corrected chi connectivity index (χ4v) is 2.86. The summed E-state index contributed by atoms with van der Waals surface area (Å²) >= 11 is 0. The van der Waals surface area contributed by atoms with Gasteiger partial charge in [-0.25, -0.2) is 4.68 Å². The van der Waals surface area contributed by atoms with Crippen molar-refractivity contribution in [2.24, 2.45) is 0 Å². The quantitative estimate of drug-likeness (QED) is 0.458. The molecule has 3 aromatic carbocycles. The highest BCUT2D eigenvalue weighted by molar-refractivity contribution is 5.94. The van der Waals surface area contributed by atoms with Gasteiger partial charge in [0, 0.05) is 10.9 Å². The normalized spacial score (nSPS) is 11.8. The molecule has 0 amide bonds. The van der Waals surface area contributed by atoms with Crippen LogP contribution in [0.15, 0.2) is 78.9 Å². The van der Waals surface area contributed by atoms with Gasteiger partial charge in [0.2, 0.25) is 0 Å². The molecular formula is C20H13F3N2. The van der Waals surface area contributed by atoms with Gasteiger partial charge in [-0.3, -0.25) is 0 Å². The lowest BCUT2D eigenvalue weighted by molar-refractivity contribution is -0.137. The number of rotatable bonds is 2. The average molecular weight is 338 g/mol. The van der Waals surface area contributed by atoms with Crippen LogP contribution in [0.2, 0.25) is 0 Å². The monoisotopic (exact) mass is 338 g/mol. The Morgan fingerprint density at radius 3 is 2.04 bits per heavy atom. The van der Waals surface area contributed by atoms with E-state index in [9.17, 15) is 13.2 Å². The third kappa shape index (κ3) is 2.78. The molecule has 0 saturated heterocycles. The predicted molar refractivity (Wildman–Crippen MR) is 91.5 cm³/mol. The van der Waals surface area contributed by atoms with Gasteiger partial charge in [0.05, 0.1) is 16.8 Å². The summed E-state index contributed by atoms with van der Waals surface area (Å²) in [6.07, 6.45) is -4.34. The van der Waals surface area contributed by atoms with Crippen LogP contribution in [0.3, 0.4) is 0 Å². The Morgan fingerprint density at radius 1 is 0.720 bits per heavy atom. The molecule has 0 saturated carbocycles. The van der Waals surface area contributed by atoms with E-state index in [1.807, 2.05) is 59.3 Å².